The first kappa shape index (κ1) is 10.4. The van der Waals surface area contributed by atoms with Crippen molar-refractivity contribution in [3.05, 3.63) is 35.6 Å². The molecule has 0 N–H and O–H groups in total. The lowest BCUT2D eigenvalue weighted by Crippen LogP contribution is -2.18. The van der Waals surface area contributed by atoms with E-state index in [1.54, 1.807) is 18.2 Å². The molecule has 0 radical (unpaired) electrons. The smallest absolute Gasteiger partial charge is 0.149 e. The molecule has 1 aliphatic heterocycles. The normalized spacial score (nSPS) is 22.1. The molecular weight excluding hydrogens is 217 g/mol. The Morgan fingerprint density at radius 2 is 2.27 bits per heavy atom. The quantitative estimate of drug-likeness (QED) is 0.712. The van der Waals surface area contributed by atoms with Crippen LogP contribution in [0.1, 0.15) is 18.9 Å². The maximum Gasteiger partial charge on any atom is 0.149 e. The molecule has 0 amide bonds. The molecule has 15 heavy (non-hydrogen) atoms. The number of halogens is 2. The average Bonchev–Trinajstić information content (AvgIpc) is 2.67. The fourth-order valence-corrected chi connectivity index (χ4v) is 1.63. The summed E-state index contributed by atoms with van der Waals surface area (Å²) >= 11 is 5.88. The Morgan fingerprint density at radius 1 is 1.53 bits per heavy atom. The highest BCUT2D eigenvalue weighted by Crippen LogP contribution is 2.22. The number of rotatable bonds is 2. The second-order valence-corrected chi connectivity index (χ2v) is 4.23. The van der Waals surface area contributed by atoms with Gasteiger partial charge in [-0.2, -0.15) is 0 Å². The first-order valence-corrected chi connectivity index (χ1v) is 5.24. The van der Waals surface area contributed by atoms with Crippen molar-refractivity contribution in [1.29, 1.82) is 0 Å². The van der Waals surface area contributed by atoms with Crippen molar-refractivity contribution in [2.75, 3.05) is 0 Å². The highest BCUT2D eigenvalue weighted by atomic mass is 35.5. The van der Waals surface area contributed by atoms with E-state index in [0.717, 1.165) is 0 Å². The number of oxime groups is 1. The van der Waals surface area contributed by atoms with Crippen LogP contribution in [0.25, 0.3) is 0 Å². The van der Waals surface area contributed by atoms with Crippen LogP contribution in [0.4, 0.5) is 4.39 Å². The molecule has 1 aromatic rings. The van der Waals surface area contributed by atoms with Gasteiger partial charge in [-0.3, -0.25) is 0 Å². The maximum absolute atomic E-state index is 13.4. The molecule has 1 heterocycles. The summed E-state index contributed by atoms with van der Waals surface area (Å²) < 4.78 is 13.4. The SMILES string of the molecule is CC(Cl)C1CC(c2ccccc2F)=NO1. The Bertz CT molecular complexity index is 392. The molecule has 1 aromatic carbocycles. The first-order valence-electron chi connectivity index (χ1n) is 4.80. The third kappa shape index (κ3) is 2.12. The van der Waals surface area contributed by atoms with Gasteiger partial charge in [0, 0.05) is 12.0 Å². The minimum absolute atomic E-state index is 0.127. The van der Waals surface area contributed by atoms with E-state index >= 15 is 0 Å². The average molecular weight is 228 g/mol. The van der Waals surface area contributed by atoms with Gasteiger partial charge >= 0.3 is 0 Å². The van der Waals surface area contributed by atoms with E-state index in [1.807, 2.05) is 6.92 Å². The summed E-state index contributed by atoms with van der Waals surface area (Å²) in [6.07, 6.45) is 0.410. The van der Waals surface area contributed by atoms with Gasteiger partial charge in [0.05, 0.1) is 11.1 Å². The summed E-state index contributed by atoms with van der Waals surface area (Å²) in [4.78, 5) is 5.13. The van der Waals surface area contributed by atoms with Gasteiger partial charge in [-0.05, 0) is 13.0 Å². The van der Waals surface area contributed by atoms with E-state index < -0.39 is 0 Å². The van der Waals surface area contributed by atoms with Crippen LogP contribution >= 0.6 is 11.6 Å². The van der Waals surface area contributed by atoms with Crippen LogP contribution in [0.2, 0.25) is 0 Å². The third-order valence-electron chi connectivity index (χ3n) is 2.39. The second kappa shape index (κ2) is 4.19. The lowest BCUT2D eigenvalue weighted by molar-refractivity contribution is 0.0855. The summed E-state index contributed by atoms with van der Waals surface area (Å²) in [5, 5.41) is 3.73. The Hall–Kier alpha value is -1.09. The minimum atomic E-state index is -0.275. The van der Waals surface area contributed by atoms with Crippen molar-refractivity contribution < 1.29 is 9.23 Å². The number of benzene rings is 1. The van der Waals surface area contributed by atoms with Crippen LogP contribution < -0.4 is 0 Å². The predicted octanol–water partition coefficient (Wildman–Crippen LogP) is 2.95. The Balaban J connectivity index is 2.18. The standard InChI is InChI=1S/C11H11ClFNO/c1-7(12)11-6-10(14-15-11)8-4-2-3-5-9(8)13/h2-5,7,11H,6H2,1H3. The van der Waals surface area contributed by atoms with E-state index in [2.05, 4.69) is 5.16 Å². The van der Waals surface area contributed by atoms with Crippen LogP contribution in [0.5, 0.6) is 0 Å². The minimum Gasteiger partial charge on any atom is -0.390 e. The van der Waals surface area contributed by atoms with Crippen molar-refractivity contribution in [3.8, 4) is 0 Å². The molecule has 80 valence electrons. The van der Waals surface area contributed by atoms with Gasteiger partial charge in [-0.1, -0.05) is 23.4 Å². The monoisotopic (exact) mass is 227 g/mol. The zero-order valence-corrected chi connectivity index (χ0v) is 9.04. The van der Waals surface area contributed by atoms with E-state index in [-0.39, 0.29) is 17.3 Å². The van der Waals surface area contributed by atoms with Gasteiger partial charge in [0.15, 0.2) is 0 Å². The molecule has 0 spiro atoms. The van der Waals surface area contributed by atoms with Gasteiger partial charge < -0.3 is 4.84 Å². The number of nitrogens with zero attached hydrogens (tertiary/aromatic N) is 1. The second-order valence-electron chi connectivity index (χ2n) is 3.54. The summed E-state index contributed by atoms with van der Waals surface area (Å²) in [5.74, 6) is -0.275. The molecule has 2 rings (SSSR count). The predicted molar refractivity (Wildman–Crippen MR) is 57.7 cm³/mol. The van der Waals surface area contributed by atoms with E-state index in [1.165, 1.54) is 6.07 Å². The van der Waals surface area contributed by atoms with Gasteiger partial charge in [0.1, 0.15) is 11.9 Å². The van der Waals surface area contributed by atoms with Crippen LogP contribution in [-0.2, 0) is 4.84 Å². The van der Waals surface area contributed by atoms with E-state index in [4.69, 9.17) is 16.4 Å². The van der Waals surface area contributed by atoms with Crippen molar-refractivity contribution in [1.82, 2.24) is 0 Å². The molecule has 1 aliphatic rings. The van der Waals surface area contributed by atoms with Gasteiger partial charge in [0.2, 0.25) is 0 Å². The van der Waals surface area contributed by atoms with Crippen LogP contribution in [0, 0.1) is 5.82 Å². The molecule has 0 aliphatic carbocycles. The Morgan fingerprint density at radius 3 is 2.87 bits per heavy atom. The first-order chi connectivity index (χ1) is 7.18. The zero-order valence-electron chi connectivity index (χ0n) is 8.28. The number of hydrogen-bond donors (Lipinski definition) is 0. The molecule has 0 saturated heterocycles. The highest BCUT2D eigenvalue weighted by Gasteiger charge is 2.27. The third-order valence-corrected chi connectivity index (χ3v) is 2.67. The molecule has 0 saturated carbocycles. The van der Waals surface area contributed by atoms with Gasteiger partial charge in [-0.25, -0.2) is 4.39 Å². The largest absolute Gasteiger partial charge is 0.390 e. The van der Waals surface area contributed by atoms with Gasteiger partial charge in [-0.15, -0.1) is 11.6 Å². The fraction of sp³-hybridized carbons (Fsp3) is 0.364. The summed E-state index contributed by atoms with van der Waals surface area (Å²) in [6.45, 7) is 1.84. The van der Waals surface area contributed by atoms with Crippen LogP contribution in [-0.4, -0.2) is 17.2 Å². The van der Waals surface area contributed by atoms with Gasteiger partial charge in [0.25, 0.3) is 0 Å². The van der Waals surface area contributed by atoms with E-state index in [9.17, 15) is 4.39 Å². The fourth-order valence-electron chi connectivity index (χ4n) is 1.50. The maximum atomic E-state index is 13.4. The topological polar surface area (TPSA) is 21.6 Å². The molecule has 2 nitrogen and oxygen atoms in total. The Labute approximate surface area is 92.7 Å². The number of alkyl halides is 1. The van der Waals surface area contributed by atoms with Crippen molar-refractivity contribution in [3.63, 3.8) is 0 Å². The molecule has 2 atom stereocenters. The summed E-state index contributed by atoms with van der Waals surface area (Å²) in [7, 11) is 0. The number of hydrogen-bond acceptors (Lipinski definition) is 2. The summed E-state index contributed by atoms with van der Waals surface area (Å²) in [5.41, 5.74) is 1.13. The highest BCUT2D eigenvalue weighted by molar-refractivity contribution is 6.21. The van der Waals surface area contributed by atoms with Crippen molar-refractivity contribution in [2.24, 2.45) is 5.16 Å². The van der Waals surface area contributed by atoms with E-state index in [0.29, 0.717) is 17.7 Å². The Kier molecular flexibility index (Phi) is 2.91. The molecule has 0 bridgehead atoms. The van der Waals surface area contributed by atoms with Crippen molar-refractivity contribution in [2.45, 2.75) is 24.8 Å². The molecule has 0 aromatic heterocycles. The lowest BCUT2D eigenvalue weighted by atomic mass is 10.0. The zero-order chi connectivity index (χ0) is 10.8. The molecule has 2 unspecified atom stereocenters. The lowest BCUT2D eigenvalue weighted by Gasteiger charge is -2.09. The molecule has 4 heteroatoms. The van der Waals surface area contributed by atoms with Crippen molar-refractivity contribution >= 4 is 17.3 Å². The summed E-state index contributed by atoms with van der Waals surface area (Å²) in [6, 6.07) is 6.53. The molecule has 0 fully saturated rings. The van der Waals surface area contributed by atoms with Crippen LogP contribution in [0.3, 0.4) is 0 Å². The van der Waals surface area contributed by atoms with Crippen LogP contribution in [0.15, 0.2) is 29.4 Å². The molecular formula is C11H11ClFNO.